The summed E-state index contributed by atoms with van der Waals surface area (Å²) in [5, 5.41) is 0. The number of piperidine rings is 1. The number of benzene rings is 1. The Morgan fingerprint density at radius 2 is 1.75 bits per heavy atom. The summed E-state index contributed by atoms with van der Waals surface area (Å²) >= 11 is 1.50. The average Bonchev–Trinajstić information content (AvgIpc) is 3.21. The maximum atomic E-state index is 12.8. The molecule has 1 fully saturated rings. The van der Waals surface area contributed by atoms with Gasteiger partial charge in [-0.2, -0.15) is 4.31 Å². The van der Waals surface area contributed by atoms with Gasteiger partial charge in [0.15, 0.2) is 0 Å². The number of fused-ring (bicyclic) bond motifs is 1. The second-order valence-corrected chi connectivity index (χ2v) is 11.9. The average molecular weight is 476 g/mol. The van der Waals surface area contributed by atoms with Crippen molar-refractivity contribution in [2.24, 2.45) is 11.8 Å². The van der Waals surface area contributed by atoms with Crippen LogP contribution in [-0.4, -0.2) is 37.6 Å². The molecule has 172 valence electrons. The molecule has 0 unspecified atom stereocenters. The second kappa shape index (κ2) is 9.33. The number of aryl methyl sites for hydroxylation is 2. The van der Waals surface area contributed by atoms with Gasteiger partial charge in [-0.15, -0.1) is 11.3 Å². The van der Waals surface area contributed by atoms with Crippen molar-refractivity contribution in [1.29, 1.82) is 0 Å². The van der Waals surface area contributed by atoms with Crippen LogP contribution in [0.15, 0.2) is 35.2 Å². The number of nitrogens with zero attached hydrogens (tertiary/aromatic N) is 1. The van der Waals surface area contributed by atoms with Crippen LogP contribution in [0.3, 0.4) is 0 Å². The number of thiophene rings is 1. The summed E-state index contributed by atoms with van der Waals surface area (Å²) in [5.41, 5.74) is 7.30. The first-order valence-electron chi connectivity index (χ1n) is 11.0. The van der Waals surface area contributed by atoms with Crippen LogP contribution in [0, 0.1) is 18.8 Å². The van der Waals surface area contributed by atoms with Crippen LogP contribution in [0.5, 0.6) is 0 Å². The first-order valence-corrected chi connectivity index (χ1v) is 13.3. The Morgan fingerprint density at radius 3 is 2.44 bits per heavy atom. The number of nitrogens with one attached hydrogen (secondary N) is 2. The van der Waals surface area contributed by atoms with E-state index in [0.717, 1.165) is 24.8 Å². The third-order valence-corrected chi connectivity index (χ3v) is 9.48. The highest BCUT2D eigenvalue weighted by molar-refractivity contribution is 7.89. The molecule has 32 heavy (non-hydrogen) atoms. The van der Waals surface area contributed by atoms with Crippen molar-refractivity contribution in [3.8, 4) is 0 Å². The van der Waals surface area contributed by atoms with Crippen molar-refractivity contribution in [2.45, 2.75) is 50.8 Å². The molecule has 2 aliphatic rings. The molecule has 1 aliphatic heterocycles. The molecule has 1 saturated heterocycles. The van der Waals surface area contributed by atoms with E-state index in [0.29, 0.717) is 23.6 Å². The molecule has 2 heterocycles. The van der Waals surface area contributed by atoms with Crippen molar-refractivity contribution < 1.29 is 18.0 Å². The first kappa shape index (κ1) is 22.9. The van der Waals surface area contributed by atoms with Crippen LogP contribution < -0.4 is 10.9 Å². The summed E-state index contributed by atoms with van der Waals surface area (Å²) in [6.45, 7) is 4.68. The number of hydrogen-bond donors (Lipinski definition) is 2. The lowest BCUT2D eigenvalue weighted by molar-refractivity contribution is -0.126. The van der Waals surface area contributed by atoms with Gasteiger partial charge in [0.2, 0.25) is 15.9 Å². The third-order valence-electron chi connectivity index (χ3n) is 6.34. The van der Waals surface area contributed by atoms with Crippen LogP contribution in [0.25, 0.3) is 0 Å². The Labute approximate surface area is 193 Å². The van der Waals surface area contributed by atoms with E-state index >= 15 is 0 Å². The lowest BCUT2D eigenvalue weighted by Crippen LogP contribution is -2.48. The molecule has 0 bridgehead atoms. The summed E-state index contributed by atoms with van der Waals surface area (Å²) < 4.78 is 27.1. The Morgan fingerprint density at radius 1 is 1.06 bits per heavy atom. The summed E-state index contributed by atoms with van der Waals surface area (Å²) in [6, 6.07) is 8.72. The van der Waals surface area contributed by atoms with E-state index in [1.165, 1.54) is 26.1 Å². The number of sulfonamides is 1. The van der Waals surface area contributed by atoms with Crippen LogP contribution in [0.4, 0.5) is 0 Å². The van der Waals surface area contributed by atoms with Gasteiger partial charge in [0, 0.05) is 23.9 Å². The highest BCUT2D eigenvalue weighted by Gasteiger charge is 2.32. The first-order chi connectivity index (χ1) is 15.2. The number of hydrogen-bond acceptors (Lipinski definition) is 5. The lowest BCUT2D eigenvalue weighted by Gasteiger charge is -2.30. The van der Waals surface area contributed by atoms with Crippen molar-refractivity contribution in [3.63, 3.8) is 0 Å². The molecular weight excluding hydrogens is 446 g/mol. The molecule has 1 aliphatic carbocycles. The molecule has 7 nitrogen and oxygen atoms in total. The fourth-order valence-electron chi connectivity index (χ4n) is 4.32. The van der Waals surface area contributed by atoms with Gasteiger partial charge in [0.05, 0.1) is 9.77 Å². The quantitative estimate of drug-likeness (QED) is 0.665. The summed E-state index contributed by atoms with van der Waals surface area (Å²) in [5.74, 6) is -0.281. The third kappa shape index (κ3) is 4.89. The molecule has 1 aromatic carbocycles. The number of hydrazine groups is 1. The molecule has 2 N–H and O–H groups in total. The minimum Gasteiger partial charge on any atom is -0.273 e. The monoisotopic (exact) mass is 475 g/mol. The Bertz CT molecular complexity index is 1100. The van der Waals surface area contributed by atoms with Crippen LogP contribution in [0.2, 0.25) is 0 Å². The van der Waals surface area contributed by atoms with Gasteiger partial charge in [-0.1, -0.05) is 24.6 Å². The van der Waals surface area contributed by atoms with Gasteiger partial charge in [-0.3, -0.25) is 20.4 Å². The molecule has 0 spiro atoms. The number of carbonyl (C=O) groups excluding carboxylic acids is 2. The van der Waals surface area contributed by atoms with E-state index in [1.807, 2.05) is 13.0 Å². The second-order valence-electron chi connectivity index (χ2n) is 8.84. The molecule has 2 amide bonds. The highest BCUT2D eigenvalue weighted by atomic mass is 32.2. The van der Waals surface area contributed by atoms with Gasteiger partial charge in [-0.25, -0.2) is 8.42 Å². The van der Waals surface area contributed by atoms with E-state index in [9.17, 15) is 18.0 Å². The van der Waals surface area contributed by atoms with E-state index < -0.39 is 10.0 Å². The van der Waals surface area contributed by atoms with E-state index in [2.05, 4.69) is 17.8 Å². The molecule has 4 rings (SSSR count). The molecule has 9 heteroatoms. The van der Waals surface area contributed by atoms with Crippen LogP contribution in [0.1, 0.15) is 51.9 Å². The zero-order chi connectivity index (χ0) is 22.9. The number of carbonyl (C=O) groups is 2. The Hall–Kier alpha value is -2.23. The van der Waals surface area contributed by atoms with Crippen molar-refractivity contribution in [1.82, 2.24) is 15.2 Å². The molecule has 0 radical (unpaired) electrons. The van der Waals surface area contributed by atoms with Crippen molar-refractivity contribution >= 4 is 33.2 Å². The maximum Gasteiger partial charge on any atom is 0.279 e. The Balaban J connectivity index is 1.28. The number of rotatable bonds is 4. The van der Waals surface area contributed by atoms with Crippen LogP contribution in [-0.2, 0) is 27.7 Å². The fourth-order valence-corrected chi connectivity index (χ4v) is 6.89. The summed E-state index contributed by atoms with van der Waals surface area (Å²) in [6.07, 6.45) is 3.97. The lowest BCUT2D eigenvalue weighted by atomic mass is 9.90. The predicted molar refractivity (Wildman–Crippen MR) is 124 cm³/mol. The SMILES string of the molecule is Cc1ccc(S(=O)(=O)N2CCC(C(=O)NNC(=O)c3cc4c(s3)CC[C@@H](C)C4)CC2)cc1. The zero-order valence-electron chi connectivity index (χ0n) is 18.4. The summed E-state index contributed by atoms with van der Waals surface area (Å²) in [4.78, 5) is 27.2. The normalized spacial score (nSPS) is 19.9. The Kier molecular flexibility index (Phi) is 6.69. The van der Waals surface area contributed by atoms with E-state index in [1.54, 1.807) is 24.3 Å². The minimum absolute atomic E-state index is 0.270. The minimum atomic E-state index is -3.56. The van der Waals surface area contributed by atoms with Gasteiger partial charge in [0.1, 0.15) is 0 Å². The van der Waals surface area contributed by atoms with Gasteiger partial charge in [0.25, 0.3) is 5.91 Å². The van der Waals surface area contributed by atoms with Crippen molar-refractivity contribution in [2.75, 3.05) is 13.1 Å². The zero-order valence-corrected chi connectivity index (χ0v) is 20.0. The van der Waals surface area contributed by atoms with E-state index in [4.69, 9.17) is 0 Å². The van der Waals surface area contributed by atoms with Crippen LogP contribution >= 0.6 is 11.3 Å². The van der Waals surface area contributed by atoms with Gasteiger partial charge < -0.3 is 0 Å². The largest absolute Gasteiger partial charge is 0.279 e. The highest BCUT2D eigenvalue weighted by Crippen LogP contribution is 2.32. The topological polar surface area (TPSA) is 95.6 Å². The summed E-state index contributed by atoms with van der Waals surface area (Å²) in [7, 11) is -3.56. The predicted octanol–water partition coefficient (Wildman–Crippen LogP) is 3.04. The fraction of sp³-hybridized carbons (Fsp3) is 0.478. The maximum absolute atomic E-state index is 12.8. The molecule has 2 aromatic rings. The van der Waals surface area contributed by atoms with E-state index in [-0.39, 0.29) is 35.7 Å². The molecule has 0 saturated carbocycles. The van der Waals surface area contributed by atoms with Gasteiger partial charge >= 0.3 is 0 Å². The molecular formula is C23H29N3O4S2. The van der Waals surface area contributed by atoms with Crippen molar-refractivity contribution in [3.05, 3.63) is 51.2 Å². The molecule has 1 atom stereocenters. The number of amides is 2. The van der Waals surface area contributed by atoms with Gasteiger partial charge in [-0.05, 0) is 68.7 Å². The molecule has 1 aromatic heterocycles. The smallest absolute Gasteiger partial charge is 0.273 e. The standard InChI is InChI=1S/C23H29N3O4S2/c1-15-3-6-19(7-4-15)32(29,30)26-11-9-17(10-12-26)22(27)24-25-23(28)21-14-18-13-16(2)5-8-20(18)31-21/h3-4,6-7,14,16-17H,5,8-13H2,1-2H3,(H,24,27)(H,25,28)/t16-/m1/s1.